The fourth-order valence-electron chi connectivity index (χ4n) is 2.87. The summed E-state index contributed by atoms with van der Waals surface area (Å²) in [6, 6.07) is 13.1. The molecule has 0 fully saturated rings. The van der Waals surface area contributed by atoms with Crippen molar-refractivity contribution in [2.24, 2.45) is 0 Å². The van der Waals surface area contributed by atoms with Crippen molar-refractivity contribution in [1.29, 1.82) is 0 Å². The number of carbonyl (C=O) groups is 1. The number of benzene rings is 2. The number of nitrogens with zero attached hydrogens (tertiary/aromatic N) is 1. The quantitative estimate of drug-likeness (QED) is 0.638. The predicted molar refractivity (Wildman–Crippen MR) is 113 cm³/mol. The molecule has 2 rings (SSSR count). The first-order valence-electron chi connectivity index (χ1n) is 9.52. The van der Waals surface area contributed by atoms with Gasteiger partial charge in [0.1, 0.15) is 6.61 Å². The third-order valence-corrected chi connectivity index (χ3v) is 4.81. The van der Waals surface area contributed by atoms with Crippen molar-refractivity contribution in [3.05, 3.63) is 58.6 Å². The van der Waals surface area contributed by atoms with Gasteiger partial charge in [0.05, 0.1) is 7.11 Å². The molecule has 0 aliphatic heterocycles. The van der Waals surface area contributed by atoms with Crippen LogP contribution < -0.4 is 14.8 Å². The Morgan fingerprint density at radius 2 is 1.86 bits per heavy atom. The van der Waals surface area contributed by atoms with E-state index in [9.17, 15) is 4.79 Å². The Labute approximate surface area is 172 Å². The largest absolute Gasteiger partial charge is 0.493 e. The van der Waals surface area contributed by atoms with Crippen LogP contribution in [0.2, 0.25) is 5.02 Å². The molecule has 152 valence electrons. The fourth-order valence-corrected chi connectivity index (χ4v) is 2.99. The number of rotatable bonds is 10. The molecule has 0 spiro atoms. The Kier molecular flexibility index (Phi) is 8.61. The molecule has 0 saturated carbocycles. The molecule has 5 nitrogen and oxygen atoms in total. The average molecular weight is 405 g/mol. The normalized spacial score (nSPS) is 11.0. The van der Waals surface area contributed by atoms with Gasteiger partial charge < -0.3 is 14.8 Å². The molecular formula is C22H29ClN2O3. The molecule has 0 aliphatic carbocycles. The number of amides is 1. The van der Waals surface area contributed by atoms with Crippen molar-refractivity contribution in [3.63, 3.8) is 0 Å². The van der Waals surface area contributed by atoms with E-state index in [4.69, 9.17) is 21.1 Å². The monoisotopic (exact) mass is 404 g/mol. The molecule has 0 atom stereocenters. The van der Waals surface area contributed by atoms with E-state index in [1.807, 2.05) is 24.3 Å². The molecule has 0 unspecified atom stereocenters. The smallest absolute Gasteiger partial charge is 0.251 e. The van der Waals surface area contributed by atoms with Gasteiger partial charge in [-0.3, -0.25) is 9.69 Å². The van der Waals surface area contributed by atoms with E-state index in [0.29, 0.717) is 41.3 Å². The lowest BCUT2D eigenvalue weighted by molar-refractivity contribution is 0.0945. The van der Waals surface area contributed by atoms with Crippen LogP contribution in [0.25, 0.3) is 0 Å². The Morgan fingerprint density at radius 3 is 2.46 bits per heavy atom. The molecule has 28 heavy (non-hydrogen) atoms. The van der Waals surface area contributed by atoms with Crippen molar-refractivity contribution in [3.8, 4) is 11.5 Å². The van der Waals surface area contributed by atoms with E-state index in [1.165, 1.54) is 0 Å². The molecule has 0 heterocycles. The molecule has 1 N–H and O–H groups in total. The Balaban J connectivity index is 1.95. The van der Waals surface area contributed by atoms with Crippen molar-refractivity contribution < 1.29 is 14.3 Å². The maximum absolute atomic E-state index is 12.4. The van der Waals surface area contributed by atoms with Crippen LogP contribution >= 0.6 is 11.6 Å². The highest BCUT2D eigenvalue weighted by molar-refractivity contribution is 6.30. The van der Waals surface area contributed by atoms with Crippen LogP contribution in [0, 0.1) is 0 Å². The summed E-state index contributed by atoms with van der Waals surface area (Å²) in [5, 5.41) is 3.65. The van der Waals surface area contributed by atoms with E-state index in [0.717, 1.165) is 18.7 Å². The summed E-state index contributed by atoms with van der Waals surface area (Å²) < 4.78 is 11.2. The molecule has 0 aliphatic rings. The second-order valence-electron chi connectivity index (χ2n) is 6.76. The van der Waals surface area contributed by atoms with Crippen molar-refractivity contribution in [2.45, 2.75) is 33.4 Å². The summed E-state index contributed by atoms with van der Waals surface area (Å²) in [4.78, 5) is 14.7. The number of hydrogen-bond donors (Lipinski definition) is 1. The van der Waals surface area contributed by atoms with E-state index >= 15 is 0 Å². The van der Waals surface area contributed by atoms with Crippen LogP contribution in [0.4, 0.5) is 0 Å². The minimum absolute atomic E-state index is 0.123. The van der Waals surface area contributed by atoms with E-state index in [1.54, 1.807) is 25.3 Å². The number of ether oxygens (including phenoxy) is 2. The van der Waals surface area contributed by atoms with Gasteiger partial charge in [0.25, 0.3) is 5.91 Å². The second kappa shape index (κ2) is 10.9. The molecule has 0 aromatic heterocycles. The number of hydrogen-bond acceptors (Lipinski definition) is 4. The number of nitrogens with one attached hydrogen (secondary N) is 1. The summed E-state index contributed by atoms with van der Waals surface area (Å²) in [5.41, 5.74) is 1.54. The van der Waals surface area contributed by atoms with Crippen molar-refractivity contribution >= 4 is 17.5 Å². The molecule has 6 heteroatoms. The van der Waals surface area contributed by atoms with Gasteiger partial charge in [0, 0.05) is 29.7 Å². The van der Waals surface area contributed by atoms with Gasteiger partial charge >= 0.3 is 0 Å². The molecule has 0 bridgehead atoms. The van der Waals surface area contributed by atoms with Crippen LogP contribution in [0.1, 0.15) is 36.7 Å². The highest BCUT2D eigenvalue weighted by atomic mass is 35.5. The van der Waals surface area contributed by atoms with E-state index in [2.05, 4.69) is 31.0 Å². The highest BCUT2D eigenvalue weighted by Crippen LogP contribution is 2.29. The number of methoxy groups -OCH3 is 1. The summed E-state index contributed by atoms with van der Waals surface area (Å²) in [6.45, 7) is 9.19. The first-order chi connectivity index (χ1) is 13.4. The first kappa shape index (κ1) is 22.1. The van der Waals surface area contributed by atoms with Crippen LogP contribution in [-0.2, 0) is 6.61 Å². The number of likely N-dealkylation sites (N-methyl/N-ethyl adjacent to an activating group) is 1. The number of halogens is 1. The molecule has 2 aromatic rings. The summed E-state index contributed by atoms with van der Waals surface area (Å²) >= 11 is 5.90. The third kappa shape index (κ3) is 6.43. The maximum Gasteiger partial charge on any atom is 0.251 e. The zero-order chi connectivity index (χ0) is 20.5. The van der Waals surface area contributed by atoms with Gasteiger partial charge in [-0.25, -0.2) is 0 Å². The number of carbonyl (C=O) groups excluding carboxylic acids is 1. The maximum atomic E-state index is 12.4. The van der Waals surface area contributed by atoms with Crippen LogP contribution in [0.3, 0.4) is 0 Å². The van der Waals surface area contributed by atoms with Crippen LogP contribution in [-0.4, -0.2) is 43.6 Å². The molecule has 1 amide bonds. The van der Waals surface area contributed by atoms with Gasteiger partial charge in [0.15, 0.2) is 11.5 Å². The molecule has 0 radical (unpaired) electrons. The third-order valence-electron chi connectivity index (χ3n) is 4.55. The Bertz CT molecular complexity index is 763. The minimum Gasteiger partial charge on any atom is -0.493 e. The molecule has 2 aromatic carbocycles. The fraction of sp³-hybridized carbons (Fsp3) is 0.409. The molecular weight excluding hydrogens is 376 g/mol. The van der Waals surface area contributed by atoms with Crippen LogP contribution in [0.5, 0.6) is 11.5 Å². The summed E-state index contributed by atoms with van der Waals surface area (Å²) in [6.07, 6.45) is 0. The Hall–Kier alpha value is -2.24. The van der Waals surface area contributed by atoms with Gasteiger partial charge in [0.2, 0.25) is 0 Å². The predicted octanol–water partition coefficient (Wildman–Crippen LogP) is 4.39. The summed E-state index contributed by atoms with van der Waals surface area (Å²) in [7, 11) is 1.56. The zero-order valence-electron chi connectivity index (χ0n) is 17.0. The van der Waals surface area contributed by atoms with Crippen molar-refractivity contribution in [1.82, 2.24) is 10.2 Å². The lowest BCUT2D eigenvalue weighted by atomic mass is 10.2. The van der Waals surface area contributed by atoms with Gasteiger partial charge in [-0.15, -0.1) is 0 Å². The Morgan fingerprint density at radius 1 is 1.14 bits per heavy atom. The lowest BCUT2D eigenvalue weighted by Gasteiger charge is -2.24. The lowest BCUT2D eigenvalue weighted by Crippen LogP contribution is -2.38. The van der Waals surface area contributed by atoms with Gasteiger partial charge in [-0.1, -0.05) is 30.7 Å². The first-order valence-corrected chi connectivity index (χ1v) is 9.90. The van der Waals surface area contributed by atoms with Gasteiger partial charge in [-0.05, 0) is 56.3 Å². The SMILES string of the molecule is CCN(CCNC(=O)c1ccc(OCc2ccc(Cl)cc2)c(OC)c1)C(C)C. The van der Waals surface area contributed by atoms with Crippen molar-refractivity contribution in [2.75, 3.05) is 26.7 Å². The topological polar surface area (TPSA) is 50.8 Å². The van der Waals surface area contributed by atoms with Crippen LogP contribution in [0.15, 0.2) is 42.5 Å². The van der Waals surface area contributed by atoms with Gasteiger partial charge in [-0.2, -0.15) is 0 Å². The standard InChI is InChI=1S/C22H29ClN2O3/c1-5-25(16(2)3)13-12-24-22(26)18-8-11-20(21(14-18)27-4)28-15-17-6-9-19(23)10-7-17/h6-11,14,16H,5,12-13,15H2,1-4H3,(H,24,26). The molecule has 0 saturated heterocycles. The average Bonchev–Trinajstić information content (AvgIpc) is 2.70. The highest BCUT2D eigenvalue weighted by Gasteiger charge is 2.12. The van der Waals surface area contributed by atoms with E-state index in [-0.39, 0.29) is 5.91 Å². The minimum atomic E-state index is -0.123. The zero-order valence-corrected chi connectivity index (χ0v) is 17.8. The second-order valence-corrected chi connectivity index (χ2v) is 7.20. The van der Waals surface area contributed by atoms with E-state index < -0.39 is 0 Å². The summed E-state index contributed by atoms with van der Waals surface area (Å²) in [5.74, 6) is 0.993.